The predicted octanol–water partition coefficient (Wildman–Crippen LogP) is 3.06. The van der Waals surface area contributed by atoms with Crippen molar-refractivity contribution >= 4 is 5.69 Å². The van der Waals surface area contributed by atoms with Gasteiger partial charge in [-0.1, -0.05) is 13.8 Å². The first-order valence-corrected chi connectivity index (χ1v) is 7.38. The summed E-state index contributed by atoms with van der Waals surface area (Å²) in [5.74, 6) is 1.36. The van der Waals surface area contributed by atoms with Gasteiger partial charge in [-0.2, -0.15) is 0 Å². The van der Waals surface area contributed by atoms with Crippen LogP contribution in [0.4, 0.5) is 10.1 Å². The Balaban J connectivity index is 1.97. The van der Waals surface area contributed by atoms with Crippen molar-refractivity contribution in [2.75, 3.05) is 5.73 Å². The smallest absolute Gasteiger partial charge is 0.185 e. The van der Waals surface area contributed by atoms with E-state index in [0.29, 0.717) is 28.9 Å². The van der Waals surface area contributed by atoms with Crippen LogP contribution in [0.5, 0.6) is 0 Å². The summed E-state index contributed by atoms with van der Waals surface area (Å²) >= 11 is 0. The monoisotopic (exact) mass is 289 g/mol. The Kier molecular flexibility index (Phi) is 3.61. The first-order chi connectivity index (χ1) is 10.0. The zero-order chi connectivity index (χ0) is 15.0. The van der Waals surface area contributed by atoms with Gasteiger partial charge in [-0.15, -0.1) is 5.10 Å². The zero-order valence-electron chi connectivity index (χ0n) is 12.3. The average Bonchev–Trinajstić information content (AvgIpc) is 2.86. The van der Waals surface area contributed by atoms with E-state index in [9.17, 15) is 4.39 Å². The molecule has 0 spiro atoms. The van der Waals surface area contributed by atoms with Gasteiger partial charge in [0.25, 0.3) is 0 Å². The number of rotatable bonds is 2. The van der Waals surface area contributed by atoms with Gasteiger partial charge in [0.1, 0.15) is 5.82 Å². The molecule has 1 aromatic carbocycles. The fraction of sp³-hybridized carbons (Fsp3) is 0.533. The van der Waals surface area contributed by atoms with Crippen molar-refractivity contribution in [1.29, 1.82) is 0 Å². The molecule has 1 saturated carbocycles. The third kappa shape index (κ3) is 2.75. The van der Waals surface area contributed by atoms with Crippen LogP contribution < -0.4 is 5.73 Å². The summed E-state index contributed by atoms with van der Waals surface area (Å²) in [6.45, 7) is 4.49. The van der Waals surface area contributed by atoms with Crippen LogP contribution in [0, 0.1) is 17.7 Å². The Labute approximate surface area is 123 Å². The van der Waals surface area contributed by atoms with Gasteiger partial charge in [0, 0.05) is 5.69 Å². The molecule has 2 atom stereocenters. The molecular formula is C15H20FN5. The van der Waals surface area contributed by atoms with E-state index in [0.717, 1.165) is 12.8 Å². The standard InChI is InChI=1S/C15H20FN5/c1-9-5-10(2)7-12(6-9)21-15(18-19-20-21)13-4-3-11(17)8-14(13)16/h3-4,8-10,12H,5-7,17H2,1-2H3. The summed E-state index contributed by atoms with van der Waals surface area (Å²) in [7, 11) is 0. The predicted molar refractivity (Wildman–Crippen MR) is 78.8 cm³/mol. The maximum Gasteiger partial charge on any atom is 0.185 e. The Morgan fingerprint density at radius 2 is 1.90 bits per heavy atom. The number of anilines is 1. The minimum atomic E-state index is -0.386. The molecule has 0 saturated heterocycles. The van der Waals surface area contributed by atoms with Crippen LogP contribution in [-0.4, -0.2) is 20.2 Å². The van der Waals surface area contributed by atoms with E-state index in [1.165, 1.54) is 12.5 Å². The van der Waals surface area contributed by atoms with E-state index in [4.69, 9.17) is 5.73 Å². The molecule has 1 aliphatic carbocycles. The number of hydrogen-bond acceptors (Lipinski definition) is 4. The van der Waals surface area contributed by atoms with E-state index >= 15 is 0 Å². The highest BCUT2D eigenvalue weighted by Gasteiger charge is 2.28. The molecule has 2 N–H and O–H groups in total. The van der Waals surface area contributed by atoms with Crippen molar-refractivity contribution in [1.82, 2.24) is 20.2 Å². The molecule has 0 aliphatic heterocycles. The number of aromatic nitrogens is 4. The molecule has 0 amide bonds. The lowest BCUT2D eigenvalue weighted by atomic mass is 9.80. The van der Waals surface area contributed by atoms with Gasteiger partial charge in [0.15, 0.2) is 5.82 Å². The van der Waals surface area contributed by atoms with Crippen LogP contribution in [0.1, 0.15) is 39.2 Å². The first kappa shape index (κ1) is 14.0. The van der Waals surface area contributed by atoms with Crippen LogP contribution in [-0.2, 0) is 0 Å². The minimum absolute atomic E-state index is 0.228. The molecule has 21 heavy (non-hydrogen) atoms. The quantitative estimate of drug-likeness (QED) is 0.863. The number of hydrogen-bond donors (Lipinski definition) is 1. The topological polar surface area (TPSA) is 69.6 Å². The summed E-state index contributed by atoms with van der Waals surface area (Å²) in [4.78, 5) is 0. The van der Waals surface area contributed by atoms with Crippen LogP contribution >= 0.6 is 0 Å². The molecule has 1 aliphatic rings. The molecule has 2 unspecified atom stereocenters. The second kappa shape index (κ2) is 5.42. The van der Waals surface area contributed by atoms with Crippen LogP contribution in [0.3, 0.4) is 0 Å². The minimum Gasteiger partial charge on any atom is -0.399 e. The van der Waals surface area contributed by atoms with E-state index in [1.54, 1.807) is 16.8 Å². The third-order valence-electron chi connectivity index (χ3n) is 4.23. The Morgan fingerprint density at radius 1 is 1.19 bits per heavy atom. The molecule has 5 nitrogen and oxygen atoms in total. The zero-order valence-corrected chi connectivity index (χ0v) is 12.3. The van der Waals surface area contributed by atoms with Crippen LogP contribution in [0.15, 0.2) is 18.2 Å². The summed E-state index contributed by atoms with van der Waals surface area (Å²) in [5, 5.41) is 11.9. The molecule has 6 heteroatoms. The summed E-state index contributed by atoms with van der Waals surface area (Å²) in [6, 6.07) is 4.85. The number of nitrogen functional groups attached to an aromatic ring is 1. The fourth-order valence-corrected chi connectivity index (χ4v) is 3.43. The number of tetrazole rings is 1. The molecule has 112 valence electrons. The molecule has 2 aromatic rings. The molecule has 3 rings (SSSR count). The van der Waals surface area contributed by atoms with E-state index in [-0.39, 0.29) is 11.9 Å². The number of halogens is 1. The number of nitrogens with zero attached hydrogens (tertiary/aromatic N) is 4. The van der Waals surface area contributed by atoms with Crippen molar-refractivity contribution in [3.63, 3.8) is 0 Å². The maximum atomic E-state index is 14.1. The van der Waals surface area contributed by atoms with Crippen LogP contribution in [0.2, 0.25) is 0 Å². The first-order valence-electron chi connectivity index (χ1n) is 7.38. The maximum absolute atomic E-state index is 14.1. The van der Waals surface area contributed by atoms with Crippen LogP contribution in [0.25, 0.3) is 11.4 Å². The Morgan fingerprint density at radius 3 is 2.57 bits per heavy atom. The molecule has 0 radical (unpaired) electrons. The van der Waals surface area contributed by atoms with Crippen molar-refractivity contribution in [2.45, 2.75) is 39.2 Å². The highest BCUT2D eigenvalue weighted by molar-refractivity contribution is 5.59. The molecule has 1 aromatic heterocycles. The van der Waals surface area contributed by atoms with Crippen molar-refractivity contribution in [3.8, 4) is 11.4 Å². The summed E-state index contributed by atoms with van der Waals surface area (Å²) in [5.41, 5.74) is 6.40. The second-order valence-corrected chi connectivity index (χ2v) is 6.26. The average molecular weight is 289 g/mol. The van der Waals surface area contributed by atoms with Gasteiger partial charge in [0.05, 0.1) is 11.6 Å². The van der Waals surface area contributed by atoms with Gasteiger partial charge >= 0.3 is 0 Å². The lowest BCUT2D eigenvalue weighted by molar-refractivity contribution is 0.209. The van der Waals surface area contributed by atoms with Crippen molar-refractivity contribution in [2.24, 2.45) is 11.8 Å². The molecule has 1 fully saturated rings. The second-order valence-electron chi connectivity index (χ2n) is 6.26. The number of nitrogens with two attached hydrogens (primary N) is 1. The summed E-state index contributed by atoms with van der Waals surface area (Å²) in [6.07, 6.45) is 3.28. The van der Waals surface area contributed by atoms with Crippen molar-refractivity contribution < 1.29 is 4.39 Å². The van der Waals surface area contributed by atoms with Gasteiger partial charge in [-0.25, -0.2) is 9.07 Å². The Hall–Kier alpha value is -1.98. The van der Waals surface area contributed by atoms with Gasteiger partial charge in [-0.05, 0) is 59.7 Å². The summed E-state index contributed by atoms with van der Waals surface area (Å²) < 4.78 is 15.9. The van der Waals surface area contributed by atoms with Gasteiger partial charge in [0.2, 0.25) is 0 Å². The lowest BCUT2D eigenvalue weighted by Gasteiger charge is -2.31. The molecule has 1 heterocycles. The molecule has 0 bridgehead atoms. The largest absolute Gasteiger partial charge is 0.399 e. The van der Waals surface area contributed by atoms with Crippen molar-refractivity contribution in [3.05, 3.63) is 24.0 Å². The normalized spacial score (nSPS) is 26.0. The number of benzene rings is 1. The third-order valence-corrected chi connectivity index (χ3v) is 4.23. The molecular weight excluding hydrogens is 269 g/mol. The highest BCUT2D eigenvalue weighted by atomic mass is 19.1. The SMILES string of the molecule is CC1CC(C)CC(n2nnnc2-c2ccc(N)cc2F)C1. The lowest BCUT2D eigenvalue weighted by Crippen LogP contribution is -2.24. The van der Waals surface area contributed by atoms with E-state index in [2.05, 4.69) is 29.4 Å². The fourth-order valence-electron chi connectivity index (χ4n) is 3.43. The highest BCUT2D eigenvalue weighted by Crippen LogP contribution is 2.37. The van der Waals surface area contributed by atoms with Gasteiger partial charge < -0.3 is 5.73 Å². The van der Waals surface area contributed by atoms with E-state index in [1.807, 2.05) is 0 Å². The van der Waals surface area contributed by atoms with Gasteiger partial charge in [-0.3, -0.25) is 0 Å². The Bertz CT molecular complexity index is 629. The van der Waals surface area contributed by atoms with E-state index < -0.39 is 0 Å².